The van der Waals surface area contributed by atoms with Crippen LogP contribution in [0.2, 0.25) is 0 Å². The summed E-state index contributed by atoms with van der Waals surface area (Å²) in [5.74, 6) is 2.03. The average Bonchev–Trinajstić information content (AvgIpc) is 3.09. The summed E-state index contributed by atoms with van der Waals surface area (Å²) in [5, 5.41) is 0. The number of piperazine rings is 1. The monoisotopic (exact) mass is 353 g/mol. The highest BCUT2D eigenvalue weighted by atomic mass is 32.2. The minimum atomic E-state index is -3.29. The van der Waals surface area contributed by atoms with Crippen LogP contribution in [0.5, 0.6) is 0 Å². The fraction of sp³-hybridized carbons (Fsp3) is 0.750. The van der Waals surface area contributed by atoms with Crippen molar-refractivity contribution in [3.63, 3.8) is 0 Å². The van der Waals surface area contributed by atoms with Gasteiger partial charge in [-0.1, -0.05) is 13.8 Å². The number of anilines is 1. The first-order valence-electron chi connectivity index (χ1n) is 8.73. The second-order valence-corrected chi connectivity index (χ2v) is 8.81. The predicted octanol–water partition coefficient (Wildman–Crippen LogP) is 1.37. The lowest BCUT2D eigenvalue weighted by atomic mass is 10.2. The van der Waals surface area contributed by atoms with Crippen LogP contribution in [0.25, 0.3) is 0 Å². The normalized spacial score (nSPS) is 20.9. The fourth-order valence-electron chi connectivity index (χ4n) is 3.22. The van der Waals surface area contributed by atoms with Gasteiger partial charge in [0.25, 0.3) is 10.2 Å². The van der Waals surface area contributed by atoms with Crippen LogP contribution in [-0.2, 0) is 10.2 Å². The van der Waals surface area contributed by atoms with Crippen LogP contribution >= 0.6 is 0 Å². The van der Waals surface area contributed by atoms with Crippen LogP contribution in [0.3, 0.4) is 0 Å². The summed E-state index contributed by atoms with van der Waals surface area (Å²) in [6, 6.07) is 1.98. The maximum Gasteiger partial charge on any atom is 0.282 e. The Labute approximate surface area is 144 Å². The summed E-state index contributed by atoms with van der Waals surface area (Å²) in [6.45, 7) is 9.82. The largest absolute Gasteiger partial charge is 0.354 e. The van der Waals surface area contributed by atoms with Crippen molar-refractivity contribution in [1.29, 1.82) is 0 Å². The number of aromatic nitrogens is 2. The van der Waals surface area contributed by atoms with Gasteiger partial charge in [-0.15, -0.1) is 0 Å². The van der Waals surface area contributed by atoms with E-state index in [0.29, 0.717) is 39.3 Å². The zero-order valence-electron chi connectivity index (χ0n) is 14.8. The first-order chi connectivity index (χ1) is 11.4. The summed E-state index contributed by atoms with van der Waals surface area (Å²) in [4.78, 5) is 11.3. The molecule has 7 nitrogen and oxygen atoms in total. The Kier molecular flexibility index (Phi) is 5.08. The zero-order chi connectivity index (χ0) is 17.3. The molecule has 0 saturated carbocycles. The van der Waals surface area contributed by atoms with Gasteiger partial charge in [0, 0.05) is 56.9 Å². The number of hydrogen-bond acceptors (Lipinski definition) is 5. The third-order valence-electron chi connectivity index (χ3n) is 4.65. The molecule has 24 heavy (non-hydrogen) atoms. The van der Waals surface area contributed by atoms with Crippen molar-refractivity contribution in [2.24, 2.45) is 0 Å². The van der Waals surface area contributed by atoms with E-state index in [0.717, 1.165) is 30.2 Å². The van der Waals surface area contributed by atoms with Gasteiger partial charge in [0.05, 0.1) is 0 Å². The molecule has 134 valence electrons. The van der Waals surface area contributed by atoms with Gasteiger partial charge in [0.1, 0.15) is 11.6 Å². The van der Waals surface area contributed by atoms with Crippen molar-refractivity contribution in [1.82, 2.24) is 18.6 Å². The van der Waals surface area contributed by atoms with Crippen LogP contribution in [0.1, 0.15) is 44.1 Å². The third kappa shape index (κ3) is 3.55. The predicted molar refractivity (Wildman–Crippen MR) is 94.4 cm³/mol. The molecule has 1 aromatic heterocycles. The summed E-state index contributed by atoms with van der Waals surface area (Å²) >= 11 is 0. The minimum absolute atomic E-state index is 0.278. The quantitative estimate of drug-likeness (QED) is 0.818. The minimum Gasteiger partial charge on any atom is -0.354 e. The van der Waals surface area contributed by atoms with E-state index in [1.165, 1.54) is 0 Å². The van der Waals surface area contributed by atoms with Crippen molar-refractivity contribution >= 4 is 16.0 Å². The molecule has 3 heterocycles. The van der Waals surface area contributed by atoms with Gasteiger partial charge < -0.3 is 4.90 Å². The summed E-state index contributed by atoms with van der Waals surface area (Å²) < 4.78 is 28.5. The molecule has 0 aromatic carbocycles. The Morgan fingerprint density at radius 3 is 2.12 bits per heavy atom. The van der Waals surface area contributed by atoms with E-state index in [1.54, 1.807) is 8.61 Å². The van der Waals surface area contributed by atoms with Gasteiger partial charge in [-0.05, 0) is 19.8 Å². The van der Waals surface area contributed by atoms with Gasteiger partial charge in [0.2, 0.25) is 0 Å². The maximum atomic E-state index is 12.6. The highest BCUT2D eigenvalue weighted by Gasteiger charge is 2.34. The molecular formula is C16H27N5O2S. The second kappa shape index (κ2) is 6.93. The topological polar surface area (TPSA) is 69.6 Å². The molecule has 0 radical (unpaired) electrons. The molecule has 0 bridgehead atoms. The molecule has 2 aliphatic heterocycles. The van der Waals surface area contributed by atoms with E-state index in [-0.39, 0.29) is 5.92 Å². The SMILES string of the molecule is Cc1cc(N2CCN(S(=O)(=O)N3CCCC3)CC2)nc(C(C)C)n1. The van der Waals surface area contributed by atoms with Gasteiger partial charge >= 0.3 is 0 Å². The molecule has 2 saturated heterocycles. The smallest absolute Gasteiger partial charge is 0.282 e. The summed E-state index contributed by atoms with van der Waals surface area (Å²) in [6.07, 6.45) is 1.94. The summed E-state index contributed by atoms with van der Waals surface area (Å²) in [5.41, 5.74) is 0.954. The van der Waals surface area contributed by atoms with Crippen LogP contribution in [0.4, 0.5) is 5.82 Å². The van der Waals surface area contributed by atoms with Crippen molar-refractivity contribution < 1.29 is 8.42 Å². The highest BCUT2D eigenvalue weighted by Crippen LogP contribution is 2.22. The number of aryl methyl sites for hydroxylation is 1. The van der Waals surface area contributed by atoms with Gasteiger partial charge in [-0.2, -0.15) is 17.0 Å². The molecular weight excluding hydrogens is 326 g/mol. The summed E-state index contributed by atoms with van der Waals surface area (Å²) in [7, 11) is -3.29. The molecule has 0 N–H and O–H groups in total. The Morgan fingerprint density at radius 2 is 1.54 bits per heavy atom. The van der Waals surface area contributed by atoms with Crippen molar-refractivity contribution in [3.8, 4) is 0 Å². The van der Waals surface area contributed by atoms with E-state index in [4.69, 9.17) is 0 Å². The molecule has 3 rings (SSSR count). The van der Waals surface area contributed by atoms with Crippen LogP contribution in [-0.4, -0.2) is 66.3 Å². The van der Waals surface area contributed by atoms with Gasteiger partial charge in [-0.3, -0.25) is 0 Å². The fourth-order valence-corrected chi connectivity index (χ4v) is 4.90. The number of nitrogens with zero attached hydrogens (tertiary/aromatic N) is 5. The Bertz CT molecular complexity index is 678. The Balaban J connectivity index is 1.69. The van der Waals surface area contributed by atoms with E-state index >= 15 is 0 Å². The van der Waals surface area contributed by atoms with E-state index in [1.807, 2.05) is 13.0 Å². The molecule has 1 aromatic rings. The van der Waals surface area contributed by atoms with E-state index < -0.39 is 10.2 Å². The first kappa shape index (κ1) is 17.6. The standard InChI is InChI=1S/C16H27N5O2S/c1-13(2)16-17-14(3)12-15(18-16)19-8-10-21(11-9-19)24(22,23)20-6-4-5-7-20/h12-13H,4-11H2,1-3H3. The van der Waals surface area contributed by atoms with Crippen LogP contribution < -0.4 is 4.90 Å². The van der Waals surface area contributed by atoms with E-state index in [9.17, 15) is 8.42 Å². The molecule has 2 aliphatic rings. The Morgan fingerprint density at radius 1 is 0.958 bits per heavy atom. The van der Waals surface area contributed by atoms with Crippen molar-refractivity contribution in [3.05, 3.63) is 17.6 Å². The van der Waals surface area contributed by atoms with Crippen LogP contribution in [0, 0.1) is 6.92 Å². The first-order valence-corrected chi connectivity index (χ1v) is 10.1. The van der Waals surface area contributed by atoms with Crippen LogP contribution in [0.15, 0.2) is 6.07 Å². The number of hydrogen-bond donors (Lipinski definition) is 0. The second-order valence-electron chi connectivity index (χ2n) is 6.88. The lowest BCUT2D eigenvalue weighted by molar-refractivity contribution is 0.343. The lowest BCUT2D eigenvalue weighted by Gasteiger charge is -2.36. The molecule has 0 spiro atoms. The molecule has 0 amide bonds. The highest BCUT2D eigenvalue weighted by molar-refractivity contribution is 7.86. The average molecular weight is 353 g/mol. The molecule has 0 aliphatic carbocycles. The molecule has 2 fully saturated rings. The van der Waals surface area contributed by atoms with Gasteiger partial charge in [-0.25, -0.2) is 9.97 Å². The van der Waals surface area contributed by atoms with Crippen molar-refractivity contribution in [2.45, 2.75) is 39.5 Å². The zero-order valence-corrected chi connectivity index (χ0v) is 15.6. The molecule has 0 atom stereocenters. The Hall–Kier alpha value is -1.25. The lowest BCUT2D eigenvalue weighted by Crippen LogP contribution is -2.52. The van der Waals surface area contributed by atoms with Gasteiger partial charge in [0.15, 0.2) is 0 Å². The molecule has 0 unspecified atom stereocenters. The third-order valence-corrected chi connectivity index (χ3v) is 6.69. The number of rotatable bonds is 4. The van der Waals surface area contributed by atoms with E-state index in [2.05, 4.69) is 28.7 Å². The molecule has 8 heteroatoms. The van der Waals surface area contributed by atoms with Crippen molar-refractivity contribution in [2.75, 3.05) is 44.2 Å². The maximum absolute atomic E-state index is 12.6.